The van der Waals surface area contributed by atoms with Crippen LogP contribution in [0.1, 0.15) is 17.0 Å². The molecular weight excluding hydrogens is 334 g/mol. The largest absolute Gasteiger partial charge is 0.497 e. The van der Waals surface area contributed by atoms with Crippen LogP contribution in [0, 0.1) is 0 Å². The Hall–Kier alpha value is -3.35. The number of anilines is 1. The van der Waals surface area contributed by atoms with Crippen LogP contribution in [0.15, 0.2) is 52.9 Å². The van der Waals surface area contributed by atoms with Crippen molar-refractivity contribution in [2.75, 3.05) is 19.5 Å². The number of methoxy groups -OCH3 is 2. The summed E-state index contributed by atoms with van der Waals surface area (Å²) >= 11 is 0. The molecule has 0 saturated carbocycles. The second-order valence-electron chi connectivity index (χ2n) is 5.60. The highest BCUT2D eigenvalue weighted by atomic mass is 16.5. The third-order valence-corrected chi connectivity index (χ3v) is 3.75. The first-order valence-corrected chi connectivity index (χ1v) is 8.04. The van der Waals surface area contributed by atoms with Crippen LogP contribution in [-0.2, 0) is 17.6 Å². The molecule has 3 aromatic rings. The van der Waals surface area contributed by atoms with Gasteiger partial charge in [-0.15, -0.1) is 5.10 Å². The molecule has 0 unspecified atom stereocenters. The van der Waals surface area contributed by atoms with Crippen molar-refractivity contribution < 1.29 is 18.7 Å². The summed E-state index contributed by atoms with van der Waals surface area (Å²) in [4.78, 5) is 12.1. The fraction of sp³-hybridized carbons (Fsp3) is 0.211. The van der Waals surface area contributed by atoms with Crippen LogP contribution in [0.3, 0.4) is 0 Å². The van der Waals surface area contributed by atoms with Gasteiger partial charge < -0.3 is 13.9 Å². The number of hydrogen-bond acceptors (Lipinski definition) is 6. The lowest BCUT2D eigenvalue weighted by Crippen LogP contribution is -2.14. The molecule has 0 aliphatic rings. The Kier molecular flexibility index (Phi) is 5.48. The number of nitrogens with one attached hydrogen (secondary N) is 1. The fourth-order valence-electron chi connectivity index (χ4n) is 2.39. The number of ether oxygens (including phenoxy) is 2. The number of rotatable bonds is 7. The van der Waals surface area contributed by atoms with Crippen molar-refractivity contribution in [3.8, 4) is 11.5 Å². The van der Waals surface area contributed by atoms with E-state index in [2.05, 4.69) is 15.5 Å². The second-order valence-corrected chi connectivity index (χ2v) is 5.60. The van der Waals surface area contributed by atoms with Gasteiger partial charge in [-0.1, -0.05) is 29.4 Å². The number of carbonyl (C=O) groups is 1. The molecule has 0 spiro atoms. The Labute approximate surface area is 151 Å². The van der Waals surface area contributed by atoms with E-state index in [1.807, 2.05) is 48.5 Å². The summed E-state index contributed by atoms with van der Waals surface area (Å²) in [6.45, 7) is 0. The number of nitrogens with zero attached hydrogens (tertiary/aromatic N) is 2. The molecule has 1 N–H and O–H groups in total. The van der Waals surface area contributed by atoms with E-state index in [0.29, 0.717) is 12.3 Å². The molecule has 2 aromatic carbocycles. The summed E-state index contributed by atoms with van der Waals surface area (Å²) in [5.41, 5.74) is 1.87. The first kappa shape index (κ1) is 17.5. The molecule has 134 valence electrons. The lowest BCUT2D eigenvalue weighted by molar-refractivity contribution is -0.115. The Morgan fingerprint density at radius 1 is 0.923 bits per heavy atom. The number of carbonyl (C=O) groups excluding carboxylic acids is 1. The third kappa shape index (κ3) is 4.60. The van der Waals surface area contributed by atoms with E-state index in [0.717, 1.165) is 22.6 Å². The van der Waals surface area contributed by atoms with Crippen molar-refractivity contribution in [1.29, 1.82) is 0 Å². The van der Waals surface area contributed by atoms with Crippen molar-refractivity contribution >= 4 is 11.9 Å². The maximum absolute atomic E-state index is 12.1. The lowest BCUT2D eigenvalue weighted by atomic mass is 10.1. The molecule has 0 fully saturated rings. The average Bonchev–Trinajstić information content (AvgIpc) is 3.09. The maximum Gasteiger partial charge on any atom is 0.322 e. The van der Waals surface area contributed by atoms with Gasteiger partial charge in [-0.3, -0.25) is 10.1 Å². The van der Waals surface area contributed by atoms with Crippen molar-refractivity contribution in [2.45, 2.75) is 12.8 Å². The van der Waals surface area contributed by atoms with Gasteiger partial charge >= 0.3 is 6.01 Å². The summed E-state index contributed by atoms with van der Waals surface area (Å²) in [5, 5.41) is 10.4. The first-order valence-electron chi connectivity index (χ1n) is 8.04. The highest BCUT2D eigenvalue weighted by Gasteiger charge is 2.11. The quantitative estimate of drug-likeness (QED) is 0.703. The van der Waals surface area contributed by atoms with E-state index in [1.54, 1.807) is 14.2 Å². The fourth-order valence-corrected chi connectivity index (χ4v) is 2.39. The molecule has 26 heavy (non-hydrogen) atoms. The van der Waals surface area contributed by atoms with Gasteiger partial charge in [-0.05, 0) is 35.4 Å². The molecule has 3 rings (SSSR count). The predicted octanol–water partition coefficient (Wildman–Crippen LogP) is 2.86. The summed E-state index contributed by atoms with van der Waals surface area (Å²) < 4.78 is 15.7. The Bertz CT molecular complexity index is 857. The molecule has 1 amide bonds. The summed E-state index contributed by atoms with van der Waals surface area (Å²) in [5.74, 6) is 1.73. The van der Waals surface area contributed by atoms with Crippen LogP contribution in [-0.4, -0.2) is 30.3 Å². The van der Waals surface area contributed by atoms with E-state index in [-0.39, 0.29) is 18.3 Å². The van der Waals surface area contributed by atoms with Crippen molar-refractivity contribution in [2.24, 2.45) is 0 Å². The van der Waals surface area contributed by atoms with Crippen molar-refractivity contribution in [1.82, 2.24) is 10.2 Å². The van der Waals surface area contributed by atoms with Crippen molar-refractivity contribution in [3.05, 3.63) is 65.5 Å². The number of amides is 1. The van der Waals surface area contributed by atoms with Crippen molar-refractivity contribution in [3.63, 3.8) is 0 Å². The summed E-state index contributed by atoms with van der Waals surface area (Å²) in [7, 11) is 3.22. The minimum Gasteiger partial charge on any atom is -0.497 e. The zero-order chi connectivity index (χ0) is 18.4. The van der Waals surface area contributed by atoms with Crippen LogP contribution in [0.25, 0.3) is 0 Å². The standard InChI is InChI=1S/C19H19N3O4/c1-24-15-7-3-13(4-8-15)11-17(23)20-19-22-21-18(26-19)12-14-5-9-16(25-2)10-6-14/h3-10H,11-12H2,1-2H3,(H,20,22,23). The molecule has 0 bridgehead atoms. The normalized spacial score (nSPS) is 10.4. The minimum atomic E-state index is -0.227. The third-order valence-electron chi connectivity index (χ3n) is 3.75. The molecule has 0 aliphatic carbocycles. The first-order chi connectivity index (χ1) is 12.7. The molecule has 1 aromatic heterocycles. The minimum absolute atomic E-state index is 0.0898. The molecule has 0 saturated heterocycles. The molecule has 0 aliphatic heterocycles. The highest BCUT2D eigenvalue weighted by Crippen LogP contribution is 2.16. The van der Waals surface area contributed by atoms with Crippen LogP contribution in [0.2, 0.25) is 0 Å². The molecule has 7 heteroatoms. The predicted molar refractivity (Wildman–Crippen MR) is 95.4 cm³/mol. The average molecular weight is 353 g/mol. The van der Waals surface area contributed by atoms with Gasteiger partial charge in [0, 0.05) is 0 Å². The van der Waals surface area contributed by atoms with Gasteiger partial charge in [0.2, 0.25) is 11.8 Å². The van der Waals surface area contributed by atoms with Crippen LogP contribution < -0.4 is 14.8 Å². The van der Waals surface area contributed by atoms with E-state index in [9.17, 15) is 4.79 Å². The smallest absolute Gasteiger partial charge is 0.322 e. The lowest BCUT2D eigenvalue weighted by Gasteiger charge is -2.03. The number of hydrogen-bond donors (Lipinski definition) is 1. The molecule has 7 nitrogen and oxygen atoms in total. The molecule has 1 heterocycles. The topological polar surface area (TPSA) is 86.5 Å². The van der Waals surface area contributed by atoms with Gasteiger partial charge in [-0.25, -0.2) is 0 Å². The SMILES string of the molecule is COc1ccc(CC(=O)Nc2nnc(Cc3ccc(OC)cc3)o2)cc1. The van der Waals surface area contributed by atoms with E-state index >= 15 is 0 Å². The van der Waals surface area contributed by atoms with Crippen LogP contribution in [0.5, 0.6) is 11.5 Å². The van der Waals surface area contributed by atoms with Gasteiger partial charge in [0.1, 0.15) is 11.5 Å². The van der Waals surface area contributed by atoms with Crippen LogP contribution >= 0.6 is 0 Å². The Balaban J connectivity index is 1.55. The number of aromatic nitrogens is 2. The van der Waals surface area contributed by atoms with Gasteiger partial charge in [0.15, 0.2) is 0 Å². The Morgan fingerprint density at radius 3 is 2.08 bits per heavy atom. The van der Waals surface area contributed by atoms with Crippen LogP contribution in [0.4, 0.5) is 6.01 Å². The van der Waals surface area contributed by atoms with E-state index in [4.69, 9.17) is 13.9 Å². The van der Waals surface area contributed by atoms with Gasteiger partial charge in [-0.2, -0.15) is 0 Å². The number of benzene rings is 2. The monoisotopic (exact) mass is 353 g/mol. The molecule has 0 atom stereocenters. The van der Waals surface area contributed by atoms with E-state index in [1.165, 1.54) is 0 Å². The molecule has 0 radical (unpaired) electrons. The molecular formula is C19H19N3O4. The zero-order valence-electron chi connectivity index (χ0n) is 14.6. The van der Waals surface area contributed by atoms with Gasteiger partial charge in [0.25, 0.3) is 0 Å². The van der Waals surface area contributed by atoms with Gasteiger partial charge in [0.05, 0.1) is 27.1 Å². The highest BCUT2D eigenvalue weighted by molar-refractivity contribution is 5.90. The second kappa shape index (κ2) is 8.15. The maximum atomic E-state index is 12.1. The zero-order valence-corrected chi connectivity index (χ0v) is 14.6. The van der Waals surface area contributed by atoms with E-state index < -0.39 is 0 Å². The Morgan fingerprint density at radius 2 is 1.50 bits per heavy atom. The summed E-state index contributed by atoms with van der Waals surface area (Å²) in [6.07, 6.45) is 0.686. The summed E-state index contributed by atoms with van der Waals surface area (Å²) in [6, 6.07) is 14.9.